The van der Waals surface area contributed by atoms with Crippen LogP contribution in [0.1, 0.15) is 37.7 Å². The Hall–Kier alpha value is -1.59. The summed E-state index contributed by atoms with van der Waals surface area (Å²) in [4.78, 5) is 2.43. The van der Waals surface area contributed by atoms with E-state index in [2.05, 4.69) is 43.0 Å². The van der Waals surface area contributed by atoms with E-state index in [-0.39, 0.29) is 18.5 Å². The molecule has 0 unspecified atom stereocenters. The van der Waals surface area contributed by atoms with Crippen molar-refractivity contribution < 1.29 is 14.2 Å². The van der Waals surface area contributed by atoms with Crippen molar-refractivity contribution in [3.8, 4) is 0 Å². The van der Waals surface area contributed by atoms with Crippen LogP contribution in [-0.4, -0.2) is 25.6 Å². The fraction of sp³-hybridized carbons (Fsp3) is 0.417. The van der Waals surface area contributed by atoms with E-state index in [9.17, 15) is 0 Å². The molecule has 0 radical (unpaired) electrons. The molecule has 0 saturated carbocycles. The molecule has 1 saturated heterocycles. The van der Waals surface area contributed by atoms with E-state index in [0.29, 0.717) is 6.61 Å². The monoisotopic (exact) mass is 398 g/mol. The van der Waals surface area contributed by atoms with Crippen molar-refractivity contribution in [2.75, 3.05) is 7.11 Å². The third kappa shape index (κ3) is 6.78. The number of methoxy groups -OCH3 is 1. The molecule has 3 rings (SSSR count). The molecule has 28 heavy (non-hydrogen) atoms. The molecule has 2 aromatic rings. The van der Waals surface area contributed by atoms with Gasteiger partial charge in [-0.1, -0.05) is 66.9 Å². The molecule has 0 aliphatic carbocycles. The van der Waals surface area contributed by atoms with Crippen molar-refractivity contribution in [2.24, 2.45) is 0 Å². The minimum atomic E-state index is -0.122. The third-order valence-corrected chi connectivity index (χ3v) is 5.95. The van der Waals surface area contributed by atoms with Crippen molar-refractivity contribution >= 4 is 11.8 Å². The fourth-order valence-corrected chi connectivity index (χ4v) is 4.31. The van der Waals surface area contributed by atoms with Gasteiger partial charge >= 0.3 is 0 Å². The minimum absolute atomic E-state index is 0.0666. The molecular weight excluding hydrogens is 368 g/mol. The Morgan fingerprint density at radius 3 is 2.50 bits per heavy atom. The van der Waals surface area contributed by atoms with Gasteiger partial charge in [0.15, 0.2) is 6.29 Å². The van der Waals surface area contributed by atoms with Gasteiger partial charge in [-0.15, -0.1) is 0 Å². The van der Waals surface area contributed by atoms with Crippen molar-refractivity contribution in [3.63, 3.8) is 0 Å². The van der Waals surface area contributed by atoms with E-state index in [4.69, 9.17) is 14.2 Å². The highest BCUT2D eigenvalue weighted by molar-refractivity contribution is 8.03. The van der Waals surface area contributed by atoms with Crippen LogP contribution in [0.5, 0.6) is 0 Å². The average molecular weight is 399 g/mol. The molecule has 0 aromatic heterocycles. The summed E-state index contributed by atoms with van der Waals surface area (Å²) in [6.45, 7) is 4.85. The number of hydrogen-bond donors (Lipinski definition) is 0. The Labute approximate surface area is 173 Å². The van der Waals surface area contributed by atoms with Crippen LogP contribution < -0.4 is 0 Å². The predicted molar refractivity (Wildman–Crippen MR) is 115 cm³/mol. The summed E-state index contributed by atoms with van der Waals surface area (Å²) in [6, 6.07) is 20.7. The summed E-state index contributed by atoms with van der Waals surface area (Å²) < 4.78 is 17.8. The minimum Gasteiger partial charge on any atom is -0.371 e. The van der Waals surface area contributed by atoms with Crippen molar-refractivity contribution in [3.05, 3.63) is 77.7 Å². The number of rotatable bonds is 10. The highest BCUT2D eigenvalue weighted by Crippen LogP contribution is 2.31. The number of hydrogen-bond acceptors (Lipinski definition) is 4. The molecule has 0 spiro atoms. The van der Waals surface area contributed by atoms with Gasteiger partial charge in [0.1, 0.15) is 0 Å². The van der Waals surface area contributed by atoms with Gasteiger partial charge in [-0.05, 0) is 48.3 Å². The quantitative estimate of drug-likeness (QED) is 0.445. The Morgan fingerprint density at radius 2 is 1.79 bits per heavy atom. The summed E-state index contributed by atoms with van der Waals surface area (Å²) >= 11 is 1.75. The molecule has 150 valence electrons. The fourth-order valence-electron chi connectivity index (χ4n) is 3.44. The van der Waals surface area contributed by atoms with Gasteiger partial charge in [-0.3, -0.25) is 0 Å². The van der Waals surface area contributed by atoms with Crippen LogP contribution in [0.25, 0.3) is 0 Å². The Kier molecular flexibility index (Phi) is 8.62. The summed E-state index contributed by atoms with van der Waals surface area (Å²) in [5.41, 5.74) is 1.20. The van der Waals surface area contributed by atoms with E-state index in [0.717, 1.165) is 32.1 Å². The van der Waals surface area contributed by atoms with E-state index >= 15 is 0 Å². The van der Waals surface area contributed by atoms with Crippen LogP contribution in [0.4, 0.5) is 0 Å². The van der Waals surface area contributed by atoms with Gasteiger partial charge in [0.2, 0.25) is 0 Å². The standard InChI is InChI=1S/C24H30O3S/c1-19(28-21-13-7-4-8-14-21)10-9-15-23-22(16-17-24(25-2)27-23)26-18-20-11-5-3-6-12-20/h3-8,11-14,22-24H,1,9-10,15-18H2,2H3/t22-,23+,24-/m0/s1. The van der Waals surface area contributed by atoms with Crippen LogP contribution in [0.15, 0.2) is 77.0 Å². The lowest BCUT2D eigenvalue weighted by Crippen LogP contribution is -2.41. The van der Waals surface area contributed by atoms with Gasteiger partial charge < -0.3 is 14.2 Å². The van der Waals surface area contributed by atoms with Gasteiger partial charge in [0.25, 0.3) is 0 Å². The van der Waals surface area contributed by atoms with Crippen molar-refractivity contribution in [1.82, 2.24) is 0 Å². The first-order valence-corrected chi connectivity index (χ1v) is 10.8. The van der Waals surface area contributed by atoms with Gasteiger partial charge in [0, 0.05) is 18.4 Å². The SMILES string of the molecule is C=C(CCC[C@H]1O[C@H](OC)CC[C@@H]1OCc1ccccc1)Sc1ccccc1. The van der Waals surface area contributed by atoms with Gasteiger partial charge in [-0.2, -0.15) is 0 Å². The predicted octanol–water partition coefficient (Wildman–Crippen LogP) is 6.20. The zero-order chi connectivity index (χ0) is 19.6. The molecule has 2 aromatic carbocycles. The van der Waals surface area contributed by atoms with E-state index in [1.807, 2.05) is 24.3 Å². The molecule has 0 N–H and O–H groups in total. The number of benzene rings is 2. The topological polar surface area (TPSA) is 27.7 Å². The maximum absolute atomic E-state index is 6.22. The Bertz CT molecular complexity index is 704. The highest BCUT2D eigenvalue weighted by atomic mass is 32.2. The van der Waals surface area contributed by atoms with Crippen molar-refractivity contribution in [2.45, 2.75) is 62.1 Å². The lowest BCUT2D eigenvalue weighted by molar-refractivity contribution is -0.224. The highest BCUT2D eigenvalue weighted by Gasteiger charge is 2.31. The third-order valence-electron chi connectivity index (χ3n) is 4.95. The molecule has 3 nitrogen and oxygen atoms in total. The second kappa shape index (κ2) is 11.4. The van der Waals surface area contributed by atoms with Gasteiger partial charge in [-0.25, -0.2) is 0 Å². The molecule has 0 amide bonds. The molecule has 3 atom stereocenters. The lowest BCUT2D eigenvalue weighted by Gasteiger charge is -2.36. The molecule has 1 heterocycles. The molecule has 1 fully saturated rings. The van der Waals surface area contributed by atoms with Crippen LogP contribution in [0.2, 0.25) is 0 Å². The molecule has 1 aliphatic rings. The number of allylic oxidation sites excluding steroid dienone is 1. The van der Waals surface area contributed by atoms with Crippen LogP contribution in [0.3, 0.4) is 0 Å². The van der Waals surface area contributed by atoms with Gasteiger partial charge in [0.05, 0.1) is 18.8 Å². The first-order chi connectivity index (χ1) is 13.7. The van der Waals surface area contributed by atoms with Crippen LogP contribution in [-0.2, 0) is 20.8 Å². The summed E-state index contributed by atoms with van der Waals surface area (Å²) in [5.74, 6) is 0. The average Bonchev–Trinajstić information content (AvgIpc) is 2.74. The first kappa shape index (κ1) is 21.1. The lowest BCUT2D eigenvalue weighted by atomic mass is 9.99. The van der Waals surface area contributed by atoms with Crippen LogP contribution in [0, 0.1) is 0 Å². The largest absolute Gasteiger partial charge is 0.371 e. The zero-order valence-corrected chi connectivity index (χ0v) is 17.4. The molecule has 1 aliphatic heterocycles. The summed E-state index contributed by atoms with van der Waals surface area (Å²) in [6.07, 6.45) is 4.86. The zero-order valence-electron chi connectivity index (χ0n) is 16.6. The van der Waals surface area contributed by atoms with E-state index in [1.165, 1.54) is 15.4 Å². The van der Waals surface area contributed by atoms with E-state index < -0.39 is 0 Å². The maximum atomic E-state index is 6.22. The first-order valence-electron chi connectivity index (χ1n) is 9.99. The normalized spacial score (nSPS) is 22.1. The molecular formula is C24H30O3S. The second-order valence-electron chi connectivity index (χ2n) is 7.10. The summed E-state index contributed by atoms with van der Waals surface area (Å²) in [7, 11) is 1.71. The second-order valence-corrected chi connectivity index (χ2v) is 8.35. The van der Waals surface area contributed by atoms with Crippen LogP contribution >= 0.6 is 11.8 Å². The van der Waals surface area contributed by atoms with E-state index in [1.54, 1.807) is 18.9 Å². The Morgan fingerprint density at radius 1 is 1.07 bits per heavy atom. The summed E-state index contributed by atoms with van der Waals surface area (Å²) in [5, 5.41) is 0. The Balaban J connectivity index is 1.47. The molecule has 4 heteroatoms. The van der Waals surface area contributed by atoms with Crippen molar-refractivity contribution in [1.29, 1.82) is 0 Å². The molecule has 0 bridgehead atoms. The smallest absolute Gasteiger partial charge is 0.157 e. The number of ether oxygens (including phenoxy) is 3. The maximum Gasteiger partial charge on any atom is 0.157 e. The number of thioether (sulfide) groups is 1.